The molecule has 0 aromatic heterocycles. The number of carbonyl (C=O) groups is 1. The molecule has 0 fully saturated rings. The van der Waals surface area contributed by atoms with Gasteiger partial charge in [0.25, 0.3) is 0 Å². The van der Waals surface area contributed by atoms with Gasteiger partial charge in [0.05, 0.1) is 31.3 Å². The van der Waals surface area contributed by atoms with E-state index >= 15 is 0 Å². The van der Waals surface area contributed by atoms with Crippen molar-refractivity contribution >= 4 is 21.6 Å². The van der Waals surface area contributed by atoms with E-state index in [0.717, 1.165) is 5.56 Å². The fraction of sp³-hybridized carbons (Fsp3) is 0.316. The molecule has 0 saturated heterocycles. The van der Waals surface area contributed by atoms with Gasteiger partial charge in [-0.05, 0) is 44.0 Å². The molecule has 8 heteroatoms. The number of nitrogens with one attached hydrogen (secondary N) is 2. The van der Waals surface area contributed by atoms with Gasteiger partial charge in [-0.1, -0.05) is 17.7 Å². The Balaban J connectivity index is 2.12. The third-order valence-corrected chi connectivity index (χ3v) is 5.68. The van der Waals surface area contributed by atoms with Crippen molar-refractivity contribution in [2.24, 2.45) is 0 Å². The first-order valence-electron chi connectivity index (χ1n) is 8.27. The van der Waals surface area contributed by atoms with Crippen LogP contribution in [0.1, 0.15) is 16.7 Å². The van der Waals surface area contributed by atoms with Crippen LogP contribution in [-0.4, -0.2) is 35.1 Å². The average molecular weight is 392 g/mol. The second kappa shape index (κ2) is 8.41. The predicted octanol–water partition coefficient (Wildman–Crippen LogP) is 2.55. The summed E-state index contributed by atoms with van der Waals surface area (Å²) in [4.78, 5) is 12.4. The molecule has 146 valence electrons. The number of aryl methyl sites for hydroxylation is 3. The van der Waals surface area contributed by atoms with Gasteiger partial charge in [-0.2, -0.15) is 0 Å². The van der Waals surface area contributed by atoms with E-state index < -0.39 is 22.5 Å². The highest BCUT2D eigenvalue weighted by molar-refractivity contribution is 7.89. The van der Waals surface area contributed by atoms with E-state index in [4.69, 9.17) is 9.47 Å². The quantitative estimate of drug-likeness (QED) is 0.755. The standard InChI is InChI=1S/C19H24N2O5S/c1-12-8-13(2)19(14(3)9-12)27(23,24)20-11-18(22)21-16-7-6-15(25-4)10-17(16)26-5/h6-10,20H,11H2,1-5H3,(H,21,22). The minimum Gasteiger partial charge on any atom is -0.497 e. The molecule has 0 spiro atoms. The zero-order valence-electron chi connectivity index (χ0n) is 16.0. The number of benzene rings is 2. The van der Waals surface area contributed by atoms with Crippen LogP contribution in [0, 0.1) is 20.8 Å². The summed E-state index contributed by atoms with van der Waals surface area (Å²) in [5.74, 6) is 0.483. The Bertz CT molecular complexity index is 932. The zero-order valence-corrected chi connectivity index (χ0v) is 16.9. The van der Waals surface area contributed by atoms with Crippen molar-refractivity contribution in [3.05, 3.63) is 47.0 Å². The molecule has 27 heavy (non-hydrogen) atoms. The summed E-state index contributed by atoms with van der Waals surface area (Å²) < 4.78 is 37.9. The molecule has 0 aliphatic heterocycles. The summed E-state index contributed by atoms with van der Waals surface area (Å²) in [6.07, 6.45) is 0. The average Bonchev–Trinajstić information content (AvgIpc) is 2.59. The van der Waals surface area contributed by atoms with Crippen LogP contribution >= 0.6 is 0 Å². The van der Waals surface area contributed by atoms with E-state index in [1.165, 1.54) is 14.2 Å². The van der Waals surface area contributed by atoms with Crippen molar-refractivity contribution in [3.8, 4) is 11.5 Å². The third-order valence-electron chi connectivity index (χ3n) is 3.98. The van der Waals surface area contributed by atoms with Crippen molar-refractivity contribution in [2.75, 3.05) is 26.1 Å². The monoisotopic (exact) mass is 392 g/mol. The Morgan fingerprint density at radius 1 is 1.00 bits per heavy atom. The topological polar surface area (TPSA) is 93.7 Å². The molecular weight excluding hydrogens is 368 g/mol. The maximum atomic E-state index is 12.6. The fourth-order valence-corrected chi connectivity index (χ4v) is 4.35. The number of hydrogen-bond acceptors (Lipinski definition) is 5. The lowest BCUT2D eigenvalue weighted by molar-refractivity contribution is -0.115. The number of ether oxygens (including phenoxy) is 2. The Morgan fingerprint density at radius 3 is 2.19 bits per heavy atom. The van der Waals surface area contributed by atoms with Gasteiger partial charge in [0.1, 0.15) is 11.5 Å². The molecule has 7 nitrogen and oxygen atoms in total. The van der Waals surface area contributed by atoms with E-state index in [-0.39, 0.29) is 4.90 Å². The molecule has 0 atom stereocenters. The highest BCUT2D eigenvalue weighted by atomic mass is 32.2. The van der Waals surface area contributed by atoms with Crippen LogP contribution in [0.15, 0.2) is 35.2 Å². The predicted molar refractivity (Wildman–Crippen MR) is 104 cm³/mol. The first-order valence-corrected chi connectivity index (χ1v) is 9.75. The first-order chi connectivity index (χ1) is 12.7. The molecule has 2 rings (SSSR count). The lowest BCUT2D eigenvalue weighted by Crippen LogP contribution is -2.33. The van der Waals surface area contributed by atoms with Gasteiger partial charge in [0, 0.05) is 6.07 Å². The number of hydrogen-bond donors (Lipinski definition) is 2. The molecule has 0 unspecified atom stereocenters. The van der Waals surface area contributed by atoms with Crippen LogP contribution in [0.25, 0.3) is 0 Å². The van der Waals surface area contributed by atoms with Crippen molar-refractivity contribution < 1.29 is 22.7 Å². The Kier molecular flexibility index (Phi) is 6.45. The Hall–Kier alpha value is -2.58. The van der Waals surface area contributed by atoms with Crippen LogP contribution in [0.4, 0.5) is 5.69 Å². The molecule has 0 heterocycles. The second-order valence-electron chi connectivity index (χ2n) is 6.17. The summed E-state index contributed by atoms with van der Waals surface area (Å²) in [5, 5.41) is 2.63. The summed E-state index contributed by atoms with van der Waals surface area (Å²) in [6, 6.07) is 8.51. The molecular formula is C19H24N2O5S. The van der Waals surface area contributed by atoms with E-state index in [1.54, 1.807) is 44.2 Å². The van der Waals surface area contributed by atoms with Crippen LogP contribution in [0.2, 0.25) is 0 Å². The lowest BCUT2D eigenvalue weighted by atomic mass is 10.1. The number of methoxy groups -OCH3 is 2. The minimum absolute atomic E-state index is 0.197. The zero-order chi connectivity index (χ0) is 20.2. The summed E-state index contributed by atoms with van der Waals surface area (Å²) in [7, 11) is -0.821. The lowest BCUT2D eigenvalue weighted by Gasteiger charge is -2.14. The van der Waals surface area contributed by atoms with E-state index in [0.29, 0.717) is 28.3 Å². The largest absolute Gasteiger partial charge is 0.497 e. The Labute approximate surface area is 159 Å². The molecule has 0 radical (unpaired) electrons. The number of anilines is 1. The van der Waals surface area contributed by atoms with Crippen molar-refractivity contribution in [1.82, 2.24) is 4.72 Å². The van der Waals surface area contributed by atoms with Crippen molar-refractivity contribution in [2.45, 2.75) is 25.7 Å². The molecule has 2 N–H and O–H groups in total. The van der Waals surface area contributed by atoms with Gasteiger partial charge in [-0.3, -0.25) is 4.79 Å². The SMILES string of the molecule is COc1ccc(NC(=O)CNS(=O)(=O)c2c(C)cc(C)cc2C)c(OC)c1. The van der Waals surface area contributed by atoms with Gasteiger partial charge in [-0.25, -0.2) is 13.1 Å². The number of sulfonamides is 1. The van der Waals surface area contributed by atoms with E-state index in [9.17, 15) is 13.2 Å². The maximum absolute atomic E-state index is 12.6. The molecule has 0 saturated carbocycles. The minimum atomic E-state index is -3.81. The smallest absolute Gasteiger partial charge is 0.241 e. The summed E-state index contributed by atoms with van der Waals surface area (Å²) >= 11 is 0. The molecule has 2 aromatic rings. The number of amides is 1. The molecule has 0 aliphatic rings. The van der Waals surface area contributed by atoms with Gasteiger partial charge in [-0.15, -0.1) is 0 Å². The highest BCUT2D eigenvalue weighted by Crippen LogP contribution is 2.29. The number of carbonyl (C=O) groups excluding carboxylic acids is 1. The summed E-state index contributed by atoms with van der Waals surface area (Å²) in [6.45, 7) is 4.97. The fourth-order valence-electron chi connectivity index (χ4n) is 2.92. The van der Waals surface area contributed by atoms with Gasteiger partial charge < -0.3 is 14.8 Å². The Morgan fingerprint density at radius 2 is 1.63 bits per heavy atom. The van der Waals surface area contributed by atoms with Crippen LogP contribution < -0.4 is 19.5 Å². The molecule has 0 aliphatic carbocycles. The van der Waals surface area contributed by atoms with E-state index in [1.807, 2.05) is 6.92 Å². The van der Waals surface area contributed by atoms with Gasteiger partial charge >= 0.3 is 0 Å². The van der Waals surface area contributed by atoms with Crippen LogP contribution in [0.5, 0.6) is 11.5 Å². The number of rotatable bonds is 7. The van der Waals surface area contributed by atoms with Crippen LogP contribution in [0.3, 0.4) is 0 Å². The van der Waals surface area contributed by atoms with Crippen LogP contribution in [-0.2, 0) is 14.8 Å². The van der Waals surface area contributed by atoms with Crippen molar-refractivity contribution in [1.29, 1.82) is 0 Å². The van der Waals surface area contributed by atoms with Gasteiger partial charge in [0.15, 0.2) is 0 Å². The normalized spacial score (nSPS) is 11.1. The maximum Gasteiger partial charge on any atom is 0.241 e. The third kappa shape index (κ3) is 4.99. The van der Waals surface area contributed by atoms with Gasteiger partial charge in [0.2, 0.25) is 15.9 Å². The first kappa shape index (κ1) is 20.7. The molecule has 0 bridgehead atoms. The van der Waals surface area contributed by atoms with E-state index in [2.05, 4.69) is 10.0 Å². The summed E-state index contributed by atoms with van der Waals surface area (Å²) in [5.41, 5.74) is 2.67. The van der Waals surface area contributed by atoms with Crippen molar-refractivity contribution in [3.63, 3.8) is 0 Å². The highest BCUT2D eigenvalue weighted by Gasteiger charge is 2.21. The molecule has 2 aromatic carbocycles. The second-order valence-corrected chi connectivity index (χ2v) is 7.87. The molecule has 1 amide bonds.